The molecule has 5 heteroatoms. The van der Waals surface area contributed by atoms with E-state index in [0.29, 0.717) is 5.92 Å². The van der Waals surface area contributed by atoms with Crippen molar-refractivity contribution in [2.45, 2.75) is 19.9 Å². The second-order valence-corrected chi connectivity index (χ2v) is 5.02. The molecule has 2 aromatic rings. The van der Waals surface area contributed by atoms with Gasteiger partial charge in [-0.3, -0.25) is 0 Å². The van der Waals surface area contributed by atoms with Gasteiger partial charge < -0.3 is 20.2 Å². The van der Waals surface area contributed by atoms with Crippen molar-refractivity contribution in [2.75, 3.05) is 6.79 Å². The van der Waals surface area contributed by atoms with Gasteiger partial charge in [-0.05, 0) is 24.1 Å². The average molecular weight is 259 g/mol. The van der Waals surface area contributed by atoms with Crippen LogP contribution in [0.2, 0.25) is 0 Å². The van der Waals surface area contributed by atoms with Crippen LogP contribution in [0.15, 0.2) is 24.4 Å². The summed E-state index contributed by atoms with van der Waals surface area (Å²) in [5.41, 5.74) is 8.03. The normalized spacial score (nSPS) is 14.9. The lowest BCUT2D eigenvalue weighted by Crippen LogP contribution is -2.18. The first-order chi connectivity index (χ1) is 9.15. The van der Waals surface area contributed by atoms with Gasteiger partial charge in [0.2, 0.25) is 6.79 Å². The van der Waals surface area contributed by atoms with Gasteiger partial charge in [0.15, 0.2) is 11.5 Å². The maximum absolute atomic E-state index is 6.08. The number of aromatic amines is 1. The molecular weight excluding hydrogens is 242 g/mol. The standard InChI is InChI=1S/C14H17N3O2/c1-8(2)13(15)14-16-6-10(17-14)9-3-4-11-12(5-9)19-7-18-11/h3-6,8,13H,7,15H2,1-2H3,(H,16,17)/t13-/m1/s1. The highest BCUT2D eigenvalue weighted by Crippen LogP contribution is 2.35. The number of aromatic nitrogens is 2. The topological polar surface area (TPSA) is 73.2 Å². The van der Waals surface area contributed by atoms with Gasteiger partial charge in [-0.15, -0.1) is 0 Å². The fourth-order valence-electron chi connectivity index (χ4n) is 2.03. The Morgan fingerprint density at radius 1 is 1.26 bits per heavy atom. The van der Waals surface area contributed by atoms with Crippen LogP contribution in [0.5, 0.6) is 11.5 Å². The quantitative estimate of drug-likeness (QED) is 0.888. The molecule has 0 spiro atoms. The Balaban J connectivity index is 1.90. The van der Waals surface area contributed by atoms with Crippen molar-refractivity contribution in [1.82, 2.24) is 9.97 Å². The number of imidazole rings is 1. The molecule has 1 atom stereocenters. The van der Waals surface area contributed by atoms with E-state index in [1.807, 2.05) is 18.2 Å². The molecule has 100 valence electrons. The minimum absolute atomic E-state index is 0.0808. The van der Waals surface area contributed by atoms with Crippen molar-refractivity contribution in [1.29, 1.82) is 0 Å². The molecular formula is C14H17N3O2. The SMILES string of the molecule is CC(C)[C@@H](N)c1ncc(-c2ccc3c(c2)OCO3)[nH]1. The number of benzene rings is 1. The highest BCUT2D eigenvalue weighted by Gasteiger charge is 2.17. The van der Waals surface area contributed by atoms with Crippen LogP contribution < -0.4 is 15.2 Å². The number of nitrogens with zero attached hydrogens (tertiary/aromatic N) is 1. The van der Waals surface area contributed by atoms with E-state index in [-0.39, 0.29) is 12.8 Å². The highest BCUT2D eigenvalue weighted by molar-refractivity contribution is 5.64. The highest BCUT2D eigenvalue weighted by atomic mass is 16.7. The zero-order chi connectivity index (χ0) is 13.4. The fourth-order valence-corrected chi connectivity index (χ4v) is 2.03. The molecule has 0 saturated heterocycles. The number of nitrogens with one attached hydrogen (secondary N) is 1. The van der Waals surface area contributed by atoms with Crippen LogP contribution in [-0.4, -0.2) is 16.8 Å². The van der Waals surface area contributed by atoms with Crippen LogP contribution in [0.4, 0.5) is 0 Å². The number of H-pyrrole nitrogens is 1. The molecule has 5 nitrogen and oxygen atoms in total. The van der Waals surface area contributed by atoms with Crippen LogP contribution in [0.1, 0.15) is 25.7 Å². The Bertz CT molecular complexity index is 592. The first kappa shape index (κ1) is 12.0. The summed E-state index contributed by atoms with van der Waals surface area (Å²) in [7, 11) is 0. The Kier molecular flexibility index (Phi) is 2.91. The Morgan fingerprint density at radius 2 is 2.05 bits per heavy atom. The molecule has 1 aromatic heterocycles. The maximum atomic E-state index is 6.08. The number of rotatable bonds is 3. The van der Waals surface area contributed by atoms with E-state index in [1.165, 1.54) is 0 Å². The monoisotopic (exact) mass is 259 g/mol. The molecule has 0 unspecified atom stereocenters. The van der Waals surface area contributed by atoms with E-state index in [4.69, 9.17) is 15.2 Å². The average Bonchev–Trinajstić information content (AvgIpc) is 3.05. The van der Waals surface area contributed by atoms with E-state index in [2.05, 4.69) is 23.8 Å². The zero-order valence-corrected chi connectivity index (χ0v) is 11.0. The minimum atomic E-state index is -0.0808. The van der Waals surface area contributed by atoms with Crippen molar-refractivity contribution < 1.29 is 9.47 Å². The molecule has 1 aliphatic heterocycles. The third-order valence-corrected chi connectivity index (χ3v) is 3.31. The number of hydrogen-bond donors (Lipinski definition) is 2. The van der Waals surface area contributed by atoms with Gasteiger partial charge in [-0.25, -0.2) is 4.98 Å². The zero-order valence-electron chi connectivity index (χ0n) is 11.0. The summed E-state index contributed by atoms with van der Waals surface area (Å²) in [6, 6.07) is 5.75. The minimum Gasteiger partial charge on any atom is -0.454 e. The molecule has 0 saturated carbocycles. The summed E-state index contributed by atoms with van der Waals surface area (Å²) in [4.78, 5) is 7.62. The third kappa shape index (κ3) is 2.17. The summed E-state index contributed by atoms with van der Waals surface area (Å²) >= 11 is 0. The van der Waals surface area contributed by atoms with Crippen molar-refractivity contribution in [3.8, 4) is 22.8 Å². The Labute approximate surface area is 111 Å². The third-order valence-electron chi connectivity index (χ3n) is 3.31. The van der Waals surface area contributed by atoms with Crippen molar-refractivity contribution >= 4 is 0 Å². The lowest BCUT2D eigenvalue weighted by Gasteiger charge is -2.12. The van der Waals surface area contributed by atoms with Gasteiger partial charge in [-0.2, -0.15) is 0 Å². The van der Waals surface area contributed by atoms with Crippen LogP contribution in [0, 0.1) is 5.92 Å². The van der Waals surface area contributed by atoms with E-state index in [1.54, 1.807) is 6.20 Å². The first-order valence-corrected chi connectivity index (χ1v) is 6.35. The molecule has 2 heterocycles. The van der Waals surface area contributed by atoms with Gasteiger partial charge in [0.25, 0.3) is 0 Å². The Morgan fingerprint density at radius 3 is 2.84 bits per heavy atom. The molecule has 1 aliphatic rings. The van der Waals surface area contributed by atoms with Crippen molar-refractivity contribution in [2.24, 2.45) is 11.7 Å². The summed E-state index contributed by atoms with van der Waals surface area (Å²) in [5.74, 6) is 2.70. The number of ether oxygens (including phenoxy) is 2. The van der Waals surface area contributed by atoms with Gasteiger partial charge in [-0.1, -0.05) is 13.8 Å². The van der Waals surface area contributed by atoms with E-state index >= 15 is 0 Å². The van der Waals surface area contributed by atoms with Gasteiger partial charge >= 0.3 is 0 Å². The van der Waals surface area contributed by atoms with E-state index in [0.717, 1.165) is 28.6 Å². The van der Waals surface area contributed by atoms with Crippen molar-refractivity contribution in [3.63, 3.8) is 0 Å². The lowest BCUT2D eigenvalue weighted by molar-refractivity contribution is 0.174. The smallest absolute Gasteiger partial charge is 0.231 e. The van der Waals surface area contributed by atoms with Gasteiger partial charge in [0.05, 0.1) is 17.9 Å². The molecule has 0 radical (unpaired) electrons. The number of hydrogen-bond acceptors (Lipinski definition) is 4. The second-order valence-electron chi connectivity index (χ2n) is 5.02. The van der Waals surface area contributed by atoms with E-state index in [9.17, 15) is 0 Å². The first-order valence-electron chi connectivity index (χ1n) is 6.35. The fraction of sp³-hybridized carbons (Fsp3) is 0.357. The van der Waals surface area contributed by atoms with Crippen LogP contribution >= 0.6 is 0 Å². The molecule has 1 aromatic carbocycles. The van der Waals surface area contributed by atoms with Gasteiger partial charge in [0, 0.05) is 5.56 Å². The molecule has 3 N–H and O–H groups in total. The summed E-state index contributed by atoms with van der Waals surface area (Å²) < 4.78 is 10.7. The Hall–Kier alpha value is -2.01. The van der Waals surface area contributed by atoms with Crippen LogP contribution in [-0.2, 0) is 0 Å². The molecule has 3 rings (SSSR count). The van der Waals surface area contributed by atoms with E-state index < -0.39 is 0 Å². The largest absolute Gasteiger partial charge is 0.454 e. The van der Waals surface area contributed by atoms with Crippen molar-refractivity contribution in [3.05, 3.63) is 30.2 Å². The summed E-state index contributed by atoms with van der Waals surface area (Å²) in [6.45, 7) is 4.44. The van der Waals surface area contributed by atoms with Gasteiger partial charge in [0.1, 0.15) is 5.82 Å². The molecule has 0 amide bonds. The molecule has 0 fully saturated rings. The summed E-state index contributed by atoms with van der Waals surface area (Å²) in [5, 5.41) is 0. The molecule has 0 aliphatic carbocycles. The predicted octanol–water partition coefficient (Wildman–Crippen LogP) is 2.46. The lowest BCUT2D eigenvalue weighted by atomic mass is 10.1. The summed E-state index contributed by atoms with van der Waals surface area (Å²) in [6.07, 6.45) is 1.80. The second kappa shape index (κ2) is 4.59. The molecule has 19 heavy (non-hydrogen) atoms. The molecule has 0 bridgehead atoms. The maximum Gasteiger partial charge on any atom is 0.231 e. The van der Waals surface area contributed by atoms with Crippen LogP contribution in [0.3, 0.4) is 0 Å². The number of fused-ring (bicyclic) bond motifs is 1. The predicted molar refractivity (Wildman–Crippen MR) is 71.9 cm³/mol. The van der Waals surface area contributed by atoms with Crippen LogP contribution in [0.25, 0.3) is 11.3 Å². The number of nitrogens with two attached hydrogens (primary N) is 1.